The van der Waals surface area contributed by atoms with Crippen LogP contribution in [0.25, 0.3) is 0 Å². The Kier molecular flexibility index (Phi) is 4.13. The summed E-state index contributed by atoms with van der Waals surface area (Å²) in [6.45, 7) is 0.377. The number of hydrogen-bond donors (Lipinski definition) is 3. The van der Waals surface area contributed by atoms with E-state index in [-0.39, 0.29) is 5.91 Å². The van der Waals surface area contributed by atoms with E-state index in [1.807, 2.05) is 0 Å². The van der Waals surface area contributed by atoms with Crippen molar-refractivity contribution in [2.75, 3.05) is 12.5 Å². The van der Waals surface area contributed by atoms with Crippen molar-refractivity contribution in [3.63, 3.8) is 0 Å². The molecule has 0 aliphatic heterocycles. The molecular weight excluding hydrogens is 312 g/mol. The van der Waals surface area contributed by atoms with Crippen LogP contribution in [0, 0.1) is 0 Å². The van der Waals surface area contributed by atoms with Crippen molar-refractivity contribution in [1.82, 2.24) is 19.9 Å². The number of pyridine rings is 1. The molecule has 7 nitrogen and oxygen atoms in total. The number of hydrogen-bond acceptors (Lipinski definition) is 5. The van der Waals surface area contributed by atoms with Gasteiger partial charge in [-0.25, -0.2) is 15.8 Å². The van der Waals surface area contributed by atoms with Gasteiger partial charge in [0.2, 0.25) is 0 Å². The van der Waals surface area contributed by atoms with Gasteiger partial charge in [-0.3, -0.25) is 4.79 Å². The third-order valence-corrected chi connectivity index (χ3v) is 2.94. The molecule has 4 N–H and O–H groups in total. The Bertz CT molecular complexity index is 571. The largest absolute Gasteiger partial charge is 0.347 e. The maximum Gasteiger partial charge on any atom is 0.257 e. The van der Waals surface area contributed by atoms with Crippen LogP contribution in [-0.2, 0) is 6.54 Å². The summed E-state index contributed by atoms with van der Waals surface area (Å²) in [5, 5.41) is 0. The number of hydrazine groups is 1. The highest BCUT2D eigenvalue weighted by Crippen LogP contribution is 2.19. The molecule has 0 unspecified atom stereocenters. The Morgan fingerprint density at radius 2 is 2.37 bits per heavy atom. The average Bonchev–Trinajstić information content (AvgIpc) is 2.90. The lowest BCUT2D eigenvalue weighted by atomic mass is 10.2. The van der Waals surface area contributed by atoms with Crippen LogP contribution in [0.3, 0.4) is 0 Å². The van der Waals surface area contributed by atoms with Crippen LogP contribution < -0.4 is 11.3 Å². The lowest BCUT2D eigenvalue weighted by Crippen LogP contribution is -2.28. The third-order valence-electron chi connectivity index (χ3n) is 2.51. The number of nitrogens with two attached hydrogens (primary N) is 1. The average molecular weight is 325 g/mol. The van der Waals surface area contributed by atoms with Gasteiger partial charge in [0, 0.05) is 30.1 Å². The Balaban J connectivity index is 2.21. The first-order valence-electron chi connectivity index (χ1n) is 5.47. The second-order valence-corrected chi connectivity index (χ2v) is 4.81. The van der Waals surface area contributed by atoms with E-state index in [2.05, 4.69) is 36.3 Å². The molecule has 2 rings (SSSR count). The molecule has 19 heavy (non-hydrogen) atoms. The fourth-order valence-corrected chi connectivity index (χ4v) is 1.94. The molecule has 0 saturated carbocycles. The molecular formula is C11H13BrN6O. The number of nitrogens with one attached hydrogen (secondary N) is 2. The van der Waals surface area contributed by atoms with Crippen molar-refractivity contribution in [1.29, 1.82) is 0 Å². The molecule has 2 aromatic rings. The maximum atomic E-state index is 12.3. The summed E-state index contributed by atoms with van der Waals surface area (Å²) >= 11 is 3.28. The number of nitrogen functional groups attached to an aromatic ring is 1. The zero-order valence-corrected chi connectivity index (χ0v) is 11.8. The van der Waals surface area contributed by atoms with E-state index < -0.39 is 0 Å². The molecule has 0 aromatic carbocycles. The zero-order valence-electron chi connectivity index (χ0n) is 10.2. The van der Waals surface area contributed by atoms with Gasteiger partial charge in [0.15, 0.2) is 5.82 Å². The van der Waals surface area contributed by atoms with Crippen LogP contribution >= 0.6 is 15.9 Å². The first kappa shape index (κ1) is 13.5. The topological polar surface area (TPSA) is 99.9 Å². The van der Waals surface area contributed by atoms with E-state index in [0.717, 1.165) is 0 Å². The summed E-state index contributed by atoms with van der Waals surface area (Å²) in [5.74, 6) is 6.20. The van der Waals surface area contributed by atoms with Crippen LogP contribution in [-0.4, -0.2) is 32.8 Å². The number of carbonyl (C=O) groups excluding carboxylic acids is 1. The number of nitrogens with zero attached hydrogens (tertiary/aromatic N) is 3. The number of aromatic amines is 1. The first-order chi connectivity index (χ1) is 9.11. The van der Waals surface area contributed by atoms with Gasteiger partial charge in [0.1, 0.15) is 5.82 Å². The predicted octanol–water partition coefficient (Wildman–Crippen LogP) is 1.12. The molecule has 0 atom stereocenters. The molecule has 0 aliphatic carbocycles. The maximum absolute atomic E-state index is 12.3. The van der Waals surface area contributed by atoms with Crippen molar-refractivity contribution in [2.45, 2.75) is 6.54 Å². The Hall–Kier alpha value is -1.93. The van der Waals surface area contributed by atoms with Crippen molar-refractivity contribution in [2.24, 2.45) is 5.84 Å². The molecule has 0 aliphatic rings. The number of amides is 1. The van der Waals surface area contributed by atoms with Gasteiger partial charge in [-0.2, -0.15) is 0 Å². The normalized spacial score (nSPS) is 10.3. The molecule has 0 spiro atoms. The summed E-state index contributed by atoms with van der Waals surface area (Å²) in [7, 11) is 1.69. The van der Waals surface area contributed by atoms with Gasteiger partial charge in [-0.1, -0.05) is 0 Å². The lowest BCUT2D eigenvalue weighted by Gasteiger charge is -2.17. The van der Waals surface area contributed by atoms with Crippen LogP contribution in [0.2, 0.25) is 0 Å². The van der Waals surface area contributed by atoms with E-state index >= 15 is 0 Å². The predicted molar refractivity (Wildman–Crippen MR) is 74.1 cm³/mol. The summed E-state index contributed by atoms with van der Waals surface area (Å²) in [4.78, 5) is 24.9. The minimum Gasteiger partial charge on any atom is -0.347 e. The van der Waals surface area contributed by atoms with Crippen LogP contribution in [0.15, 0.2) is 29.1 Å². The summed E-state index contributed by atoms with van der Waals surface area (Å²) < 4.78 is 0.709. The van der Waals surface area contributed by atoms with Crippen molar-refractivity contribution in [3.8, 4) is 0 Å². The van der Waals surface area contributed by atoms with E-state index in [0.29, 0.717) is 28.2 Å². The van der Waals surface area contributed by atoms with Crippen LogP contribution in [0.4, 0.5) is 5.82 Å². The number of aromatic nitrogens is 3. The number of anilines is 1. The molecule has 8 heteroatoms. The van der Waals surface area contributed by atoms with Gasteiger partial charge >= 0.3 is 0 Å². The van der Waals surface area contributed by atoms with E-state index in [1.54, 1.807) is 31.7 Å². The molecule has 1 amide bonds. The quantitative estimate of drug-likeness (QED) is 0.578. The Morgan fingerprint density at radius 1 is 1.58 bits per heavy atom. The van der Waals surface area contributed by atoms with Crippen LogP contribution in [0.5, 0.6) is 0 Å². The second kappa shape index (κ2) is 5.81. The standard InChI is InChI=1S/C11H13BrN6O/c1-18(6-9-14-2-3-15-9)11(19)8-4-7(12)5-16-10(8)17-13/h2-5H,6,13H2,1H3,(H,14,15)(H,16,17). The van der Waals surface area contributed by atoms with Crippen LogP contribution in [0.1, 0.15) is 16.2 Å². The molecule has 0 fully saturated rings. The Labute approximate surface area is 118 Å². The zero-order chi connectivity index (χ0) is 13.8. The minimum absolute atomic E-state index is 0.196. The fourth-order valence-electron chi connectivity index (χ4n) is 1.60. The highest BCUT2D eigenvalue weighted by Gasteiger charge is 2.18. The first-order valence-corrected chi connectivity index (χ1v) is 6.27. The number of rotatable bonds is 4. The van der Waals surface area contributed by atoms with Gasteiger partial charge in [0.25, 0.3) is 5.91 Å². The molecule has 2 heterocycles. The van der Waals surface area contributed by atoms with Crippen molar-refractivity contribution in [3.05, 3.63) is 40.5 Å². The van der Waals surface area contributed by atoms with E-state index in [9.17, 15) is 4.79 Å². The lowest BCUT2D eigenvalue weighted by molar-refractivity contribution is 0.0782. The molecule has 0 radical (unpaired) electrons. The number of halogens is 1. The smallest absolute Gasteiger partial charge is 0.257 e. The monoisotopic (exact) mass is 324 g/mol. The number of carbonyl (C=O) groups is 1. The second-order valence-electron chi connectivity index (χ2n) is 3.89. The number of H-pyrrole nitrogens is 1. The summed E-state index contributed by atoms with van der Waals surface area (Å²) in [5.41, 5.74) is 2.81. The van der Waals surface area contributed by atoms with Gasteiger partial charge < -0.3 is 15.3 Å². The highest BCUT2D eigenvalue weighted by molar-refractivity contribution is 9.10. The van der Waals surface area contributed by atoms with Crippen molar-refractivity contribution >= 4 is 27.7 Å². The van der Waals surface area contributed by atoms with Crippen molar-refractivity contribution < 1.29 is 4.79 Å². The van der Waals surface area contributed by atoms with E-state index in [1.165, 1.54) is 4.90 Å². The van der Waals surface area contributed by atoms with E-state index in [4.69, 9.17) is 5.84 Å². The summed E-state index contributed by atoms with van der Waals surface area (Å²) in [6, 6.07) is 1.67. The SMILES string of the molecule is CN(Cc1ncc[nH]1)C(=O)c1cc(Br)cnc1NN. The molecule has 100 valence electrons. The molecule has 0 saturated heterocycles. The van der Waals surface area contributed by atoms with Gasteiger partial charge in [-0.05, 0) is 22.0 Å². The minimum atomic E-state index is -0.196. The fraction of sp³-hybridized carbons (Fsp3) is 0.182. The Morgan fingerprint density at radius 3 is 3.00 bits per heavy atom. The number of imidazole rings is 1. The van der Waals surface area contributed by atoms with Gasteiger partial charge in [-0.15, -0.1) is 0 Å². The molecule has 2 aromatic heterocycles. The third kappa shape index (κ3) is 3.09. The highest BCUT2D eigenvalue weighted by atomic mass is 79.9. The van der Waals surface area contributed by atoms with Gasteiger partial charge in [0.05, 0.1) is 12.1 Å². The summed E-state index contributed by atoms with van der Waals surface area (Å²) in [6.07, 6.45) is 4.92. The molecule has 0 bridgehead atoms.